The van der Waals surface area contributed by atoms with Crippen molar-refractivity contribution in [2.24, 2.45) is 11.8 Å². The molecule has 2 aromatic heterocycles. The molecule has 6 heteroatoms. The first-order chi connectivity index (χ1) is 11.1. The van der Waals surface area contributed by atoms with Crippen LogP contribution < -0.4 is 5.32 Å². The number of aromatic nitrogens is 3. The fourth-order valence-electron chi connectivity index (χ4n) is 3.20. The van der Waals surface area contributed by atoms with E-state index < -0.39 is 0 Å². The van der Waals surface area contributed by atoms with Crippen LogP contribution in [0.5, 0.6) is 0 Å². The van der Waals surface area contributed by atoms with E-state index in [-0.39, 0.29) is 11.2 Å². The summed E-state index contributed by atoms with van der Waals surface area (Å²) in [6, 6.07) is 6.08. The van der Waals surface area contributed by atoms with Gasteiger partial charge in [0.25, 0.3) is 0 Å². The summed E-state index contributed by atoms with van der Waals surface area (Å²) in [6.07, 6.45) is 5.48. The molecule has 23 heavy (non-hydrogen) atoms. The number of carbonyl (C=O) groups is 1. The van der Waals surface area contributed by atoms with Crippen LogP contribution in [0.2, 0.25) is 0 Å². The van der Waals surface area contributed by atoms with Gasteiger partial charge in [0.15, 0.2) is 10.8 Å². The number of amides is 1. The van der Waals surface area contributed by atoms with E-state index in [4.69, 9.17) is 0 Å². The third-order valence-corrected chi connectivity index (χ3v) is 6.03. The second kappa shape index (κ2) is 6.91. The summed E-state index contributed by atoms with van der Waals surface area (Å²) in [5.74, 6) is 1.31. The maximum atomic E-state index is 12.5. The van der Waals surface area contributed by atoms with Crippen LogP contribution in [0.1, 0.15) is 40.0 Å². The second-order valence-electron chi connectivity index (χ2n) is 6.55. The summed E-state index contributed by atoms with van der Waals surface area (Å²) in [5, 5.41) is 12.1. The van der Waals surface area contributed by atoms with Crippen molar-refractivity contribution in [3.05, 3.63) is 24.4 Å². The van der Waals surface area contributed by atoms with Gasteiger partial charge in [-0.3, -0.25) is 9.20 Å². The van der Waals surface area contributed by atoms with Crippen LogP contribution in [0.4, 0.5) is 0 Å². The SMILES string of the molecule is C[C@@H]1[C@@H](C)CCC[C@H]1NC(=O)[C@@H](C)Sc1nnc2ccccn12. The lowest BCUT2D eigenvalue weighted by molar-refractivity contribution is -0.121. The third-order valence-electron chi connectivity index (χ3n) is 4.97. The van der Waals surface area contributed by atoms with Crippen LogP contribution in [0.25, 0.3) is 5.65 Å². The topological polar surface area (TPSA) is 59.3 Å². The van der Waals surface area contributed by atoms with Crippen molar-refractivity contribution in [3.8, 4) is 0 Å². The smallest absolute Gasteiger partial charge is 0.233 e. The molecule has 0 radical (unpaired) electrons. The van der Waals surface area contributed by atoms with Crippen molar-refractivity contribution in [2.75, 3.05) is 0 Å². The molecule has 0 aromatic carbocycles. The molecule has 0 bridgehead atoms. The first-order valence-corrected chi connectivity index (χ1v) is 9.21. The van der Waals surface area contributed by atoms with E-state index in [0.717, 1.165) is 17.2 Å². The molecule has 4 atom stereocenters. The molecule has 1 fully saturated rings. The van der Waals surface area contributed by atoms with Gasteiger partial charge in [-0.05, 0) is 37.3 Å². The van der Waals surface area contributed by atoms with Gasteiger partial charge in [0.2, 0.25) is 5.91 Å². The summed E-state index contributed by atoms with van der Waals surface area (Å²) in [4.78, 5) is 12.5. The average molecular weight is 332 g/mol. The minimum atomic E-state index is -0.188. The highest BCUT2D eigenvalue weighted by Crippen LogP contribution is 2.30. The highest BCUT2D eigenvalue weighted by molar-refractivity contribution is 8.00. The molecule has 2 aromatic rings. The van der Waals surface area contributed by atoms with Crippen LogP contribution in [0.15, 0.2) is 29.6 Å². The Morgan fingerprint density at radius 3 is 3.00 bits per heavy atom. The Morgan fingerprint density at radius 2 is 2.17 bits per heavy atom. The van der Waals surface area contributed by atoms with Gasteiger partial charge in [0, 0.05) is 12.2 Å². The predicted octanol–water partition coefficient (Wildman–Crippen LogP) is 3.15. The molecule has 1 N–H and O–H groups in total. The molecule has 2 heterocycles. The fraction of sp³-hybridized carbons (Fsp3) is 0.588. The number of hydrogen-bond acceptors (Lipinski definition) is 4. The molecule has 0 unspecified atom stereocenters. The summed E-state index contributed by atoms with van der Waals surface area (Å²) in [7, 11) is 0. The van der Waals surface area contributed by atoms with Crippen LogP contribution in [-0.4, -0.2) is 31.8 Å². The minimum Gasteiger partial charge on any atom is -0.352 e. The second-order valence-corrected chi connectivity index (χ2v) is 7.86. The van der Waals surface area contributed by atoms with Crippen LogP contribution in [-0.2, 0) is 4.79 Å². The van der Waals surface area contributed by atoms with E-state index in [1.165, 1.54) is 24.6 Å². The molecular weight excluding hydrogens is 308 g/mol. The number of rotatable bonds is 4. The van der Waals surface area contributed by atoms with E-state index in [0.29, 0.717) is 17.9 Å². The molecule has 1 aliphatic rings. The van der Waals surface area contributed by atoms with E-state index in [2.05, 4.69) is 29.4 Å². The quantitative estimate of drug-likeness (QED) is 0.874. The highest BCUT2D eigenvalue weighted by Gasteiger charge is 2.29. The van der Waals surface area contributed by atoms with Crippen molar-refractivity contribution in [2.45, 2.75) is 56.5 Å². The van der Waals surface area contributed by atoms with Gasteiger partial charge in [0.05, 0.1) is 5.25 Å². The standard InChI is InChI=1S/C17H24N4OS/c1-11-7-6-8-14(12(11)2)18-16(22)13(3)23-17-20-19-15-9-4-5-10-21(15)17/h4-5,9-14H,6-8H2,1-3H3,(H,18,22)/t11-,12+,13+,14+/m0/s1. The fourth-order valence-corrected chi connectivity index (χ4v) is 4.04. The lowest BCUT2D eigenvalue weighted by atomic mass is 9.78. The molecule has 1 amide bonds. The van der Waals surface area contributed by atoms with Crippen LogP contribution in [0, 0.1) is 11.8 Å². The molecule has 3 rings (SSSR count). The Morgan fingerprint density at radius 1 is 1.35 bits per heavy atom. The number of fused-ring (bicyclic) bond motifs is 1. The molecule has 1 aliphatic carbocycles. The van der Waals surface area contributed by atoms with Crippen LogP contribution in [0.3, 0.4) is 0 Å². The van der Waals surface area contributed by atoms with Gasteiger partial charge in [0.1, 0.15) is 0 Å². The van der Waals surface area contributed by atoms with Crippen molar-refractivity contribution in [1.29, 1.82) is 0 Å². The Bertz CT molecular complexity index is 686. The predicted molar refractivity (Wildman–Crippen MR) is 92.4 cm³/mol. The normalized spacial score (nSPS) is 26.1. The highest BCUT2D eigenvalue weighted by atomic mass is 32.2. The lowest BCUT2D eigenvalue weighted by Crippen LogP contribution is -2.46. The van der Waals surface area contributed by atoms with Crippen molar-refractivity contribution in [3.63, 3.8) is 0 Å². The summed E-state index contributed by atoms with van der Waals surface area (Å²) < 4.78 is 1.92. The Balaban J connectivity index is 1.63. The number of pyridine rings is 1. The Labute approximate surface area is 141 Å². The Kier molecular flexibility index (Phi) is 4.90. The molecule has 0 saturated heterocycles. The minimum absolute atomic E-state index is 0.0913. The van der Waals surface area contributed by atoms with E-state index >= 15 is 0 Å². The van der Waals surface area contributed by atoms with Crippen molar-refractivity contribution in [1.82, 2.24) is 19.9 Å². The zero-order valence-electron chi connectivity index (χ0n) is 13.9. The first kappa shape index (κ1) is 16.3. The maximum Gasteiger partial charge on any atom is 0.233 e. The molecule has 124 valence electrons. The lowest BCUT2D eigenvalue weighted by Gasteiger charge is -2.35. The molecule has 0 aliphatic heterocycles. The van der Waals surface area contributed by atoms with Gasteiger partial charge in [-0.2, -0.15) is 0 Å². The number of hydrogen-bond donors (Lipinski definition) is 1. The van der Waals surface area contributed by atoms with E-state index in [9.17, 15) is 4.79 Å². The maximum absolute atomic E-state index is 12.5. The van der Waals surface area contributed by atoms with Crippen LogP contribution >= 0.6 is 11.8 Å². The average Bonchev–Trinajstić information content (AvgIpc) is 2.95. The number of carbonyl (C=O) groups excluding carboxylic acids is 1. The van der Waals surface area contributed by atoms with Gasteiger partial charge >= 0.3 is 0 Å². The van der Waals surface area contributed by atoms with E-state index in [1.54, 1.807) is 0 Å². The van der Waals surface area contributed by atoms with E-state index in [1.807, 2.05) is 35.7 Å². The monoisotopic (exact) mass is 332 g/mol. The largest absolute Gasteiger partial charge is 0.352 e. The van der Waals surface area contributed by atoms with Crippen molar-refractivity contribution < 1.29 is 4.79 Å². The molecule has 5 nitrogen and oxygen atoms in total. The zero-order valence-corrected chi connectivity index (χ0v) is 14.7. The first-order valence-electron chi connectivity index (χ1n) is 8.33. The molecular formula is C17H24N4OS. The number of nitrogens with zero attached hydrogens (tertiary/aromatic N) is 3. The summed E-state index contributed by atoms with van der Waals surface area (Å²) >= 11 is 1.46. The Hall–Kier alpha value is -1.56. The third kappa shape index (κ3) is 3.52. The number of nitrogens with one attached hydrogen (secondary N) is 1. The zero-order chi connectivity index (χ0) is 16.4. The van der Waals surface area contributed by atoms with Gasteiger partial charge in [-0.1, -0.05) is 44.5 Å². The molecule has 1 saturated carbocycles. The van der Waals surface area contributed by atoms with Gasteiger partial charge < -0.3 is 5.32 Å². The summed E-state index contributed by atoms with van der Waals surface area (Å²) in [6.45, 7) is 6.46. The van der Waals surface area contributed by atoms with Gasteiger partial charge in [-0.15, -0.1) is 10.2 Å². The van der Waals surface area contributed by atoms with Crippen molar-refractivity contribution >= 4 is 23.3 Å². The molecule has 0 spiro atoms. The number of thioether (sulfide) groups is 1. The van der Waals surface area contributed by atoms with Gasteiger partial charge in [-0.25, -0.2) is 0 Å². The summed E-state index contributed by atoms with van der Waals surface area (Å²) in [5.41, 5.74) is 0.803.